The average molecular weight is 230 g/mol. The Morgan fingerprint density at radius 3 is 2.87 bits per heavy atom. The molecular weight excluding hydrogens is 214 g/mol. The van der Waals surface area contributed by atoms with Gasteiger partial charge in [-0.3, -0.25) is 0 Å². The van der Waals surface area contributed by atoms with E-state index < -0.39 is 6.10 Å². The SMILES string of the molecule is CNCc1cc(Cl)ccc1OCC(C)O. The van der Waals surface area contributed by atoms with E-state index in [9.17, 15) is 0 Å². The van der Waals surface area contributed by atoms with Gasteiger partial charge in [-0.2, -0.15) is 0 Å². The van der Waals surface area contributed by atoms with Crippen molar-refractivity contribution >= 4 is 11.6 Å². The Morgan fingerprint density at radius 2 is 2.27 bits per heavy atom. The molecule has 0 amide bonds. The molecular formula is C11H16ClNO2. The molecule has 4 heteroatoms. The van der Waals surface area contributed by atoms with Gasteiger partial charge in [-0.15, -0.1) is 0 Å². The average Bonchev–Trinajstić information content (AvgIpc) is 2.17. The Morgan fingerprint density at radius 1 is 1.53 bits per heavy atom. The first kappa shape index (κ1) is 12.3. The lowest BCUT2D eigenvalue weighted by molar-refractivity contribution is 0.122. The van der Waals surface area contributed by atoms with Gasteiger partial charge in [0.1, 0.15) is 12.4 Å². The van der Waals surface area contributed by atoms with Gasteiger partial charge in [-0.25, -0.2) is 0 Å². The standard InChI is InChI=1S/C11H16ClNO2/c1-8(14)7-15-11-4-3-10(12)5-9(11)6-13-2/h3-5,8,13-14H,6-7H2,1-2H3. The maximum absolute atomic E-state index is 9.12. The summed E-state index contributed by atoms with van der Waals surface area (Å²) in [6.45, 7) is 2.67. The molecule has 0 saturated carbocycles. The Balaban J connectivity index is 2.76. The number of hydrogen-bond acceptors (Lipinski definition) is 3. The molecule has 0 saturated heterocycles. The minimum absolute atomic E-state index is 0.290. The third-order valence-corrected chi connectivity index (χ3v) is 2.10. The fraction of sp³-hybridized carbons (Fsp3) is 0.455. The lowest BCUT2D eigenvalue weighted by Crippen LogP contribution is -2.15. The zero-order chi connectivity index (χ0) is 11.3. The number of rotatable bonds is 5. The lowest BCUT2D eigenvalue weighted by atomic mass is 10.2. The van der Waals surface area contributed by atoms with Gasteiger partial charge in [0.25, 0.3) is 0 Å². The van der Waals surface area contributed by atoms with Crippen LogP contribution in [0.5, 0.6) is 5.75 Å². The van der Waals surface area contributed by atoms with Crippen LogP contribution in [-0.4, -0.2) is 24.9 Å². The van der Waals surface area contributed by atoms with Crippen LogP contribution in [-0.2, 0) is 6.54 Å². The molecule has 1 rings (SSSR count). The predicted octanol–water partition coefficient (Wildman–Crippen LogP) is 1.82. The molecule has 1 atom stereocenters. The zero-order valence-electron chi connectivity index (χ0n) is 8.96. The van der Waals surface area contributed by atoms with E-state index in [4.69, 9.17) is 21.4 Å². The van der Waals surface area contributed by atoms with Crippen LogP contribution in [0, 0.1) is 0 Å². The first-order chi connectivity index (χ1) is 7.13. The summed E-state index contributed by atoms with van der Waals surface area (Å²) in [4.78, 5) is 0. The van der Waals surface area contributed by atoms with Crippen molar-refractivity contribution in [1.82, 2.24) is 5.32 Å². The smallest absolute Gasteiger partial charge is 0.124 e. The van der Waals surface area contributed by atoms with Gasteiger partial charge in [-0.1, -0.05) is 11.6 Å². The highest BCUT2D eigenvalue weighted by molar-refractivity contribution is 6.30. The van der Waals surface area contributed by atoms with Crippen molar-refractivity contribution in [3.05, 3.63) is 28.8 Å². The molecule has 0 aliphatic heterocycles. The van der Waals surface area contributed by atoms with Crippen molar-refractivity contribution < 1.29 is 9.84 Å². The van der Waals surface area contributed by atoms with E-state index in [0.29, 0.717) is 18.2 Å². The van der Waals surface area contributed by atoms with Crippen LogP contribution >= 0.6 is 11.6 Å². The molecule has 0 spiro atoms. The molecule has 0 aromatic heterocycles. The largest absolute Gasteiger partial charge is 0.491 e. The topological polar surface area (TPSA) is 41.5 Å². The van der Waals surface area contributed by atoms with Crippen molar-refractivity contribution in [1.29, 1.82) is 0 Å². The summed E-state index contributed by atoms with van der Waals surface area (Å²) in [5, 5.41) is 12.8. The van der Waals surface area contributed by atoms with Crippen molar-refractivity contribution in [2.75, 3.05) is 13.7 Å². The minimum Gasteiger partial charge on any atom is -0.491 e. The van der Waals surface area contributed by atoms with E-state index in [0.717, 1.165) is 11.3 Å². The molecule has 3 nitrogen and oxygen atoms in total. The van der Waals surface area contributed by atoms with Gasteiger partial charge in [0.05, 0.1) is 6.10 Å². The van der Waals surface area contributed by atoms with Crippen molar-refractivity contribution in [2.45, 2.75) is 19.6 Å². The first-order valence-electron chi connectivity index (χ1n) is 4.87. The third kappa shape index (κ3) is 4.08. The summed E-state index contributed by atoms with van der Waals surface area (Å²) in [5.41, 5.74) is 0.991. The predicted molar refractivity (Wildman–Crippen MR) is 61.4 cm³/mol. The Bertz CT molecular complexity index is 315. The molecule has 0 radical (unpaired) electrons. The molecule has 84 valence electrons. The van der Waals surface area contributed by atoms with Crippen LogP contribution in [0.2, 0.25) is 5.02 Å². The first-order valence-corrected chi connectivity index (χ1v) is 5.25. The number of aliphatic hydroxyl groups is 1. The number of ether oxygens (including phenoxy) is 1. The maximum atomic E-state index is 9.12. The van der Waals surface area contributed by atoms with Crippen LogP contribution in [0.25, 0.3) is 0 Å². The quantitative estimate of drug-likeness (QED) is 0.810. The second-order valence-corrected chi connectivity index (χ2v) is 3.88. The summed E-state index contributed by atoms with van der Waals surface area (Å²) in [5.74, 6) is 0.759. The minimum atomic E-state index is -0.469. The molecule has 0 aliphatic carbocycles. The molecule has 1 aromatic carbocycles. The maximum Gasteiger partial charge on any atom is 0.124 e. The van der Waals surface area contributed by atoms with Crippen LogP contribution < -0.4 is 10.1 Å². The fourth-order valence-electron chi connectivity index (χ4n) is 1.23. The van der Waals surface area contributed by atoms with Gasteiger partial charge in [0, 0.05) is 17.1 Å². The molecule has 0 fully saturated rings. The highest BCUT2D eigenvalue weighted by Crippen LogP contribution is 2.22. The number of hydrogen-bond donors (Lipinski definition) is 2. The molecule has 2 N–H and O–H groups in total. The van der Waals surface area contributed by atoms with Crippen LogP contribution in [0.3, 0.4) is 0 Å². The highest BCUT2D eigenvalue weighted by Gasteiger charge is 2.05. The molecule has 0 bridgehead atoms. The van der Waals surface area contributed by atoms with Gasteiger partial charge in [0.15, 0.2) is 0 Å². The van der Waals surface area contributed by atoms with Crippen LogP contribution in [0.4, 0.5) is 0 Å². The van der Waals surface area contributed by atoms with Crippen LogP contribution in [0.15, 0.2) is 18.2 Å². The second kappa shape index (κ2) is 5.95. The highest BCUT2D eigenvalue weighted by atomic mass is 35.5. The van der Waals surface area contributed by atoms with E-state index in [-0.39, 0.29) is 0 Å². The third-order valence-electron chi connectivity index (χ3n) is 1.87. The summed E-state index contributed by atoms with van der Waals surface area (Å²) >= 11 is 5.88. The number of benzene rings is 1. The Labute approximate surface area is 95.0 Å². The summed E-state index contributed by atoms with van der Waals surface area (Å²) in [6.07, 6.45) is -0.469. The Hall–Kier alpha value is -0.770. The van der Waals surface area contributed by atoms with Crippen LogP contribution in [0.1, 0.15) is 12.5 Å². The van der Waals surface area contributed by atoms with Gasteiger partial charge >= 0.3 is 0 Å². The zero-order valence-corrected chi connectivity index (χ0v) is 9.71. The summed E-state index contributed by atoms with van der Waals surface area (Å²) in [7, 11) is 1.86. The monoisotopic (exact) mass is 229 g/mol. The molecule has 15 heavy (non-hydrogen) atoms. The lowest BCUT2D eigenvalue weighted by Gasteiger charge is -2.12. The van der Waals surface area contributed by atoms with Crippen molar-refractivity contribution in [3.8, 4) is 5.75 Å². The number of halogens is 1. The summed E-state index contributed by atoms with van der Waals surface area (Å²) in [6, 6.07) is 5.45. The van der Waals surface area contributed by atoms with E-state index in [2.05, 4.69) is 5.32 Å². The van der Waals surface area contributed by atoms with Gasteiger partial charge in [0.2, 0.25) is 0 Å². The number of aliphatic hydroxyl groups excluding tert-OH is 1. The van der Waals surface area contributed by atoms with E-state index in [1.165, 1.54) is 0 Å². The fourth-order valence-corrected chi connectivity index (χ4v) is 1.42. The molecule has 1 aromatic rings. The van der Waals surface area contributed by atoms with Crippen molar-refractivity contribution in [2.24, 2.45) is 0 Å². The van der Waals surface area contributed by atoms with E-state index in [1.54, 1.807) is 13.0 Å². The summed E-state index contributed by atoms with van der Waals surface area (Å²) < 4.78 is 5.46. The Kier molecular flexibility index (Phi) is 4.88. The number of nitrogens with one attached hydrogen (secondary N) is 1. The second-order valence-electron chi connectivity index (χ2n) is 3.44. The normalized spacial score (nSPS) is 12.5. The van der Waals surface area contributed by atoms with Gasteiger partial charge in [-0.05, 0) is 32.2 Å². The van der Waals surface area contributed by atoms with E-state index in [1.807, 2.05) is 19.2 Å². The molecule has 1 unspecified atom stereocenters. The van der Waals surface area contributed by atoms with E-state index >= 15 is 0 Å². The molecule has 0 aliphatic rings. The van der Waals surface area contributed by atoms with Crippen molar-refractivity contribution in [3.63, 3.8) is 0 Å². The van der Waals surface area contributed by atoms with Gasteiger partial charge < -0.3 is 15.2 Å². The molecule has 0 heterocycles.